The second kappa shape index (κ2) is 5.80. The quantitative estimate of drug-likeness (QED) is 0.664. The van der Waals surface area contributed by atoms with Crippen molar-refractivity contribution in [3.8, 4) is 5.75 Å². The first-order valence-electron chi connectivity index (χ1n) is 4.88. The number of nitrogens with one attached hydrogen (secondary N) is 1. The van der Waals surface area contributed by atoms with Crippen molar-refractivity contribution in [1.29, 1.82) is 0 Å². The lowest BCUT2D eigenvalue weighted by atomic mass is 10.3. The van der Waals surface area contributed by atoms with E-state index in [1.165, 1.54) is 18.3 Å². The summed E-state index contributed by atoms with van der Waals surface area (Å²) in [5.41, 5.74) is 4.96. The third-order valence-electron chi connectivity index (χ3n) is 1.75. The van der Waals surface area contributed by atoms with Crippen molar-refractivity contribution >= 4 is 12.0 Å². The number of rotatable bonds is 4. The highest BCUT2D eigenvalue weighted by Gasteiger charge is 2.08. The van der Waals surface area contributed by atoms with Gasteiger partial charge in [0.05, 0.1) is 12.3 Å². The number of hydrogen-bond acceptors (Lipinski definition) is 5. The Morgan fingerprint density at radius 2 is 2.29 bits per heavy atom. The minimum atomic E-state index is -0.946. The molecule has 2 amide bonds. The predicted molar refractivity (Wildman–Crippen MR) is 58.5 cm³/mol. The van der Waals surface area contributed by atoms with Crippen LogP contribution in [0.1, 0.15) is 17.4 Å². The fourth-order valence-corrected chi connectivity index (χ4v) is 1.02. The average Bonchev–Trinajstić information content (AvgIpc) is 2.26. The van der Waals surface area contributed by atoms with Gasteiger partial charge >= 0.3 is 6.09 Å². The Bertz CT molecular complexity index is 403. The molecule has 7 heteroatoms. The molecule has 7 nitrogen and oxygen atoms in total. The van der Waals surface area contributed by atoms with Gasteiger partial charge in [-0.25, -0.2) is 9.78 Å². The number of nitrogens with two attached hydrogens (primary N) is 1. The molecule has 0 aliphatic heterocycles. The molecule has 1 heterocycles. The van der Waals surface area contributed by atoms with E-state index in [2.05, 4.69) is 15.0 Å². The molecule has 0 fully saturated rings. The smallest absolute Gasteiger partial charge is 0.409 e. The van der Waals surface area contributed by atoms with Crippen molar-refractivity contribution in [2.45, 2.75) is 13.0 Å². The van der Waals surface area contributed by atoms with Crippen LogP contribution in [-0.4, -0.2) is 34.7 Å². The van der Waals surface area contributed by atoms with Gasteiger partial charge in [-0.05, 0) is 19.1 Å². The Kier molecular flexibility index (Phi) is 4.41. The van der Waals surface area contributed by atoms with Crippen molar-refractivity contribution in [3.05, 3.63) is 24.0 Å². The third kappa shape index (κ3) is 4.47. The van der Waals surface area contributed by atoms with Gasteiger partial charge in [-0.1, -0.05) is 0 Å². The Labute approximate surface area is 97.6 Å². The lowest BCUT2D eigenvalue weighted by molar-refractivity contribution is 0.0919. The molecule has 0 aliphatic rings. The van der Waals surface area contributed by atoms with E-state index in [-0.39, 0.29) is 18.0 Å². The molecule has 0 bridgehead atoms. The number of carbonyl (C=O) groups is 2. The number of aromatic nitrogens is 1. The highest BCUT2D eigenvalue weighted by molar-refractivity contribution is 5.92. The topological polar surface area (TPSA) is 115 Å². The number of primary amides is 1. The number of hydrogen-bond donors (Lipinski definition) is 3. The maximum absolute atomic E-state index is 11.5. The first-order chi connectivity index (χ1) is 7.99. The van der Waals surface area contributed by atoms with Crippen LogP contribution in [0, 0.1) is 0 Å². The molecular formula is C10H13N3O4. The van der Waals surface area contributed by atoms with Crippen molar-refractivity contribution in [3.63, 3.8) is 0 Å². The highest BCUT2D eigenvalue weighted by atomic mass is 16.5. The summed E-state index contributed by atoms with van der Waals surface area (Å²) in [6, 6.07) is 2.78. The Morgan fingerprint density at radius 3 is 2.76 bits per heavy atom. The number of carbonyl (C=O) groups excluding carboxylic acids is 2. The molecule has 92 valence electrons. The number of amides is 2. The van der Waals surface area contributed by atoms with Crippen LogP contribution < -0.4 is 15.8 Å². The van der Waals surface area contributed by atoms with Crippen LogP contribution in [0.4, 0.5) is 4.79 Å². The fraction of sp³-hybridized carbons (Fsp3) is 0.300. The summed E-state index contributed by atoms with van der Waals surface area (Å²) in [4.78, 5) is 25.7. The normalized spacial score (nSPS) is 11.6. The standard InChI is InChI=1S/C10H13N3O4/c1-6(14)4-13-9(15)8-3-2-7(5-12-8)17-10(11)16/h2-3,5-6,14H,4H2,1H3,(H2,11,16)(H,13,15)/t6-/m0/s1. The third-order valence-corrected chi connectivity index (χ3v) is 1.75. The van der Waals surface area contributed by atoms with Gasteiger partial charge in [-0.15, -0.1) is 0 Å². The molecule has 1 aromatic heterocycles. The summed E-state index contributed by atoms with van der Waals surface area (Å²) < 4.78 is 4.55. The van der Waals surface area contributed by atoms with E-state index in [4.69, 9.17) is 10.8 Å². The number of nitrogens with zero attached hydrogens (tertiary/aromatic N) is 1. The van der Waals surface area contributed by atoms with Gasteiger partial charge in [-0.2, -0.15) is 0 Å². The molecule has 4 N–H and O–H groups in total. The van der Waals surface area contributed by atoms with Gasteiger partial charge in [0, 0.05) is 6.54 Å². The zero-order chi connectivity index (χ0) is 12.8. The fourth-order valence-electron chi connectivity index (χ4n) is 1.02. The molecule has 1 rings (SSSR count). The summed E-state index contributed by atoms with van der Waals surface area (Å²) in [6.07, 6.45) is -0.364. The first kappa shape index (κ1) is 12.9. The van der Waals surface area contributed by atoms with Crippen molar-refractivity contribution in [1.82, 2.24) is 10.3 Å². The van der Waals surface area contributed by atoms with Gasteiger partial charge in [0.2, 0.25) is 0 Å². The Morgan fingerprint density at radius 1 is 1.59 bits per heavy atom. The van der Waals surface area contributed by atoms with E-state index >= 15 is 0 Å². The Hall–Kier alpha value is -2.15. The summed E-state index contributed by atoms with van der Waals surface area (Å²) in [6.45, 7) is 1.69. The van der Waals surface area contributed by atoms with E-state index in [0.717, 1.165) is 0 Å². The van der Waals surface area contributed by atoms with Crippen LogP contribution in [0.25, 0.3) is 0 Å². The molecule has 1 aromatic rings. The van der Waals surface area contributed by atoms with Gasteiger partial charge in [0.25, 0.3) is 5.91 Å². The number of aliphatic hydroxyl groups excluding tert-OH is 1. The minimum absolute atomic E-state index is 0.139. The molecule has 0 spiro atoms. The highest BCUT2D eigenvalue weighted by Crippen LogP contribution is 2.08. The molecule has 0 radical (unpaired) electrons. The first-order valence-corrected chi connectivity index (χ1v) is 4.88. The van der Waals surface area contributed by atoms with E-state index in [9.17, 15) is 9.59 Å². The molecule has 0 saturated carbocycles. The largest absolute Gasteiger partial charge is 0.410 e. The van der Waals surface area contributed by atoms with E-state index < -0.39 is 18.1 Å². The monoisotopic (exact) mass is 239 g/mol. The van der Waals surface area contributed by atoms with Gasteiger partial charge in [0.15, 0.2) is 5.75 Å². The molecular weight excluding hydrogens is 226 g/mol. The van der Waals surface area contributed by atoms with E-state index in [1.54, 1.807) is 6.92 Å². The molecule has 0 aliphatic carbocycles. The van der Waals surface area contributed by atoms with Crippen LogP contribution in [0.5, 0.6) is 5.75 Å². The number of aliphatic hydroxyl groups is 1. The van der Waals surface area contributed by atoms with E-state index in [1.807, 2.05) is 0 Å². The van der Waals surface area contributed by atoms with Crippen LogP contribution in [0.3, 0.4) is 0 Å². The maximum atomic E-state index is 11.5. The summed E-state index contributed by atoms with van der Waals surface area (Å²) in [7, 11) is 0. The second-order valence-corrected chi connectivity index (χ2v) is 3.36. The number of ether oxygens (including phenoxy) is 1. The summed E-state index contributed by atoms with van der Waals surface area (Å²) >= 11 is 0. The van der Waals surface area contributed by atoms with Crippen LogP contribution in [0.2, 0.25) is 0 Å². The molecule has 1 atom stereocenters. The minimum Gasteiger partial charge on any atom is -0.409 e. The lowest BCUT2D eigenvalue weighted by Gasteiger charge is -2.06. The van der Waals surface area contributed by atoms with Crippen molar-refractivity contribution in [2.24, 2.45) is 5.73 Å². The maximum Gasteiger partial charge on any atom is 0.410 e. The van der Waals surface area contributed by atoms with Crippen LogP contribution in [-0.2, 0) is 0 Å². The second-order valence-electron chi connectivity index (χ2n) is 3.36. The summed E-state index contributed by atoms with van der Waals surface area (Å²) in [5, 5.41) is 11.5. The van der Waals surface area contributed by atoms with E-state index in [0.29, 0.717) is 0 Å². The molecule has 0 aromatic carbocycles. The summed E-state index contributed by atoms with van der Waals surface area (Å²) in [5.74, 6) is -0.263. The molecule has 0 unspecified atom stereocenters. The Balaban J connectivity index is 2.60. The predicted octanol–water partition coefficient (Wildman–Crippen LogP) is -0.350. The zero-order valence-electron chi connectivity index (χ0n) is 9.21. The van der Waals surface area contributed by atoms with Gasteiger partial charge in [0.1, 0.15) is 5.69 Å². The SMILES string of the molecule is C[C@H](O)CNC(=O)c1ccc(OC(N)=O)cn1. The molecule has 17 heavy (non-hydrogen) atoms. The van der Waals surface area contributed by atoms with Crippen LogP contribution >= 0.6 is 0 Å². The van der Waals surface area contributed by atoms with Gasteiger partial charge < -0.3 is 20.9 Å². The molecule has 0 saturated heterocycles. The van der Waals surface area contributed by atoms with Crippen LogP contribution in [0.15, 0.2) is 18.3 Å². The van der Waals surface area contributed by atoms with Crippen molar-refractivity contribution < 1.29 is 19.4 Å². The lowest BCUT2D eigenvalue weighted by Crippen LogP contribution is -2.31. The average molecular weight is 239 g/mol. The van der Waals surface area contributed by atoms with Gasteiger partial charge in [-0.3, -0.25) is 4.79 Å². The number of pyridine rings is 1. The van der Waals surface area contributed by atoms with Crippen molar-refractivity contribution in [2.75, 3.05) is 6.54 Å². The zero-order valence-corrected chi connectivity index (χ0v) is 9.21.